The molecule has 2 aromatic rings. The van der Waals surface area contributed by atoms with E-state index in [0.717, 1.165) is 11.1 Å². The van der Waals surface area contributed by atoms with Gasteiger partial charge in [0.05, 0.1) is 0 Å². The first-order chi connectivity index (χ1) is 9.83. The molecule has 0 saturated carbocycles. The minimum absolute atomic E-state index is 0.466. The second kappa shape index (κ2) is 5.87. The van der Waals surface area contributed by atoms with Gasteiger partial charge in [-0.15, -0.1) is 0 Å². The number of nitrogens with one attached hydrogen (secondary N) is 1. The van der Waals surface area contributed by atoms with Crippen LogP contribution < -0.4 is 11.1 Å². The average Bonchev–Trinajstić information content (AvgIpc) is 2.36. The van der Waals surface area contributed by atoms with Crippen molar-refractivity contribution in [1.29, 1.82) is 0 Å². The van der Waals surface area contributed by atoms with Gasteiger partial charge in [-0.05, 0) is 56.2 Å². The molecule has 0 radical (unpaired) electrons. The fraction of sp³-hybridized carbons (Fsp3) is 0.235. The highest BCUT2D eigenvalue weighted by Gasteiger charge is 2.16. The van der Waals surface area contributed by atoms with Gasteiger partial charge < -0.3 is 10.5 Å². The fourth-order valence-electron chi connectivity index (χ4n) is 1.92. The molecule has 0 heterocycles. The molecule has 4 heteroatoms. The molecule has 0 fully saturated rings. The number of ether oxygens (including phenoxy) is 1. The Kier molecular flexibility index (Phi) is 4.17. The maximum Gasteiger partial charge on any atom is 0.412 e. The molecular formula is C17H20N2O2. The van der Waals surface area contributed by atoms with Crippen LogP contribution in [0, 0.1) is 0 Å². The Balaban J connectivity index is 2.17. The van der Waals surface area contributed by atoms with Gasteiger partial charge in [-0.3, -0.25) is 5.32 Å². The Bertz CT molecular complexity index is 645. The van der Waals surface area contributed by atoms with E-state index in [-0.39, 0.29) is 0 Å². The zero-order chi connectivity index (χ0) is 15.5. The summed E-state index contributed by atoms with van der Waals surface area (Å²) in [7, 11) is 0. The molecule has 0 spiro atoms. The summed E-state index contributed by atoms with van der Waals surface area (Å²) in [6.07, 6.45) is -0.466. The van der Waals surface area contributed by atoms with E-state index in [1.165, 1.54) is 0 Å². The van der Waals surface area contributed by atoms with Gasteiger partial charge in [-0.1, -0.05) is 24.3 Å². The van der Waals surface area contributed by atoms with Gasteiger partial charge in [-0.25, -0.2) is 4.79 Å². The molecule has 21 heavy (non-hydrogen) atoms. The summed E-state index contributed by atoms with van der Waals surface area (Å²) in [5, 5.41) is 2.73. The van der Waals surface area contributed by atoms with Gasteiger partial charge >= 0.3 is 6.09 Å². The molecule has 0 aromatic heterocycles. The molecule has 0 atom stereocenters. The van der Waals surface area contributed by atoms with Crippen LogP contribution in [0.4, 0.5) is 16.2 Å². The molecule has 2 rings (SSSR count). The highest BCUT2D eigenvalue weighted by molar-refractivity contribution is 5.86. The third-order valence-electron chi connectivity index (χ3n) is 2.73. The summed E-state index contributed by atoms with van der Waals surface area (Å²) < 4.78 is 5.24. The summed E-state index contributed by atoms with van der Waals surface area (Å²) in [4.78, 5) is 11.8. The van der Waals surface area contributed by atoms with Crippen molar-refractivity contribution in [2.75, 3.05) is 11.1 Å². The third-order valence-corrected chi connectivity index (χ3v) is 2.73. The quantitative estimate of drug-likeness (QED) is 0.809. The first kappa shape index (κ1) is 14.9. The summed E-state index contributed by atoms with van der Waals surface area (Å²) in [5.74, 6) is 0. The number of anilines is 2. The van der Waals surface area contributed by atoms with Gasteiger partial charge in [0.15, 0.2) is 0 Å². The van der Waals surface area contributed by atoms with Crippen LogP contribution in [-0.2, 0) is 4.74 Å². The number of carbonyl (C=O) groups is 1. The van der Waals surface area contributed by atoms with E-state index in [4.69, 9.17) is 10.5 Å². The first-order valence-corrected chi connectivity index (χ1v) is 6.79. The van der Waals surface area contributed by atoms with Crippen molar-refractivity contribution in [3.63, 3.8) is 0 Å². The topological polar surface area (TPSA) is 64.3 Å². The van der Waals surface area contributed by atoms with E-state index >= 15 is 0 Å². The zero-order valence-corrected chi connectivity index (χ0v) is 12.5. The summed E-state index contributed by atoms with van der Waals surface area (Å²) in [5.41, 5.74) is 8.65. The minimum Gasteiger partial charge on any atom is -0.444 e. The lowest BCUT2D eigenvalue weighted by molar-refractivity contribution is 0.0636. The van der Waals surface area contributed by atoms with Crippen molar-refractivity contribution in [3.8, 4) is 11.1 Å². The van der Waals surface area contributed by atoms with E-state index in [1.54, 1.807) is 0 Å². The molecule has 2 aromatic carbocycles. The van der Waals surface area contributed by atoms with Gasteiger partial charge in [0.2, 0.25) is 0 Å². The van der Waals surface area contributed by atoms with Gasteiger partial charge in [-0.2, -0.15) is 0 Å². The molecule has 3 N–H and O–H groups in total. The molecule has 0 saturated heterocycles. The summed E-state index contributed by atoms with van der Waals surface area (Å²) >= 11 is 0. The van der Waals surface area contributed by atoms with Gasteiger partial charge in [0, 0.05) is 11.4 Å². The van der Waals surface area contributed by atoms with Crippen LogP contribution in [0.5, 0.6) is 0 Å². The Hall–Kier alpha value is -2.49. The Morgan fingerprint density at radius 1 is 1.05 bits per heavy atom. The second-order valence-electron chi connectivity index (χ2n) is 5.83. The van der Waals surface area contributed by atoms with E-state index in [0.29, 0.717) is 11.4 Å². The number of rotatable bonds is 2. The predicted octanol–water partition coefficient (Wildman–Crippen LogP) is 4.28. The van der Waals surface area contributed by atoms with Crippen LogP contribution in [0.2, 0.25) is 0 Å². The second-order valence-corrected chi connectivity index (χ2v) is 5.83. The van der Waals surface area contributed by atoms with E-state index < -0.39 is 11.7 Å². The Morgan fingerprint density at radius 2 is 1.67 bits per heavy atom. The zero-order valence-electron chi connectivity index (χ0n) is 12.5. The summed E-state index contributed by atoms with van der Waals surface area (Å²) in [6.45, 7) is 5.49. The minimum atomic E-state index is -0.518. The van der Waals surface area contributed by atoms with E-state index in [1.807, 2.05) is 69.3 Å². The molecule has 4 nitrogen and oxygen atoms in total. The highest BCUT2D eigenvalue weighted by Crippen LogP contribution is 2.24. The molecule has 110 valence electrons. The number of nitrogen functional groups attached to an aromatic ring is 1. The van der Waals surface area contributed by atoms with Gasteiger partial charge in [0.25, 0.3) is 0 Å². The standard InChI is InChI=1S/C17H20N2O2/c1-17(2,3)21-16(20)19-15-9-5-7-13(11-15)12-6-4-8-14(18)10-12/h4-11H,18H2,1-3H3,(H,19,20). The number of benzene rings is 2. The molecule has 0 aliphatic carbocycles. The monoisotopic (exact) mass is 284 g/mol. The van der Waals surface area contributed by atoms with E-state index in [9.17, 15) is 4.79 Å². The number of amides is 1. The van der Waals surface area contributed by atoms with E-state index in [2.05, 4.69) is 5.32 Å². The molecule has 0 bridgehead atoms. The number of carbonyl (C=O) groups excluding carboxylic acids is 1. The van der Waals surface area contributed by atoms with Crippen LogP contribution in [0.3, 0.4) is 0 Å². The lowest BCUT2D eigenvalue weighted by Crippen LogP contribution is -2.27. The maximum absolute atomic E-state index is 11.8. The van der Waals surface area contributed by atoms with Crippen LogP contribution in [0.25, 0.3) is 11.1 Å². The number of hydrogen-bond acceptors (Lipinski definition) is 3. The molecule has 1 amide bonds. The fourth-order valence-corrected chi connectivity index (χ4v) is 1.92. The lowest BCUT2D eigenvalue weighted by Gasteiger charge is -2.19. The molecular weight excluding hydrogens is 264 g/mol. The SMILES string of the molecule is CC(C)(C)OC(=O)Nc1cccc(-c2cccc(N)c2)c1. The van der Waals surface area contributed by atoms with Crippen molar-refractivity contribution in [2.45, 2.75) is 26.4 Å². The third kappa shape index (κ3) is 4.53. The highest BCUT2D eigenvalue weighted by atomic mass is 16.6. The van der Waals surface area contributed by atoms with Crippen LogP contribution in [-0.4, -0.2) is 11.7 Å². The van der Waals surface area contributed by atoms with Crippen molar-refractivity contribution in [3.05, 3.63) is 48.5 Å². The van der Waals surface area contributed by atoms with Crippen molar-refractivity contribution in [2.24, 2.45) is 0 Å². The maximum atomic E-state index is 11.8. The molecule has 0 unspecified atom stereocenters. The smallest absolute Gasteiger partial charge is 0.412 e. The number of nitrogens with two attached hydrogens (primary N) is 1. The van der Waals surface area contributed by atoms with Crippen molar-refractivity contribution >= 4 is 17.5 Å². The van der Waals surface area contributed by atoms with Crippen LogP contribution >= 0.6 is 0 Å². The lowest BCUT2D eigenvalue weighted by atomic mass is 10.0. The molecule has 0 aliphatic rings. The Labute approximate surface area is 124 Å². The van der Waals surface area contributed by atoms with Crippen LogP contribution in [0.15, 0.2) is 48.5 Å². The largest absolute Gasteiger partial charge is 0.444 e. The average molecular weight is 284 g/mol. The van der Waals surface area contributed by atoms with Gasteiger partial charge in [0.1, 0.15) is 5.60 Å². The molecule has 0 aliphatic heterocycles. The predicted molar refractivity (Wildman–Crippen MR) is 86.1 cm³/mol. The van der Waals surface area contributed by atoms with Crippen molar-refractivity contribution in [1.82, 2.24) is 0 Å². The number of hydrogen-bond donors (Lipinski definition) is 2. The first-order valence-electron chi connectivity index (χ1n) is 6.79. The normalized spacial score (nSPS) is 11.0. The Morgan fingerprint density at radius 3 is 2.29 bits per heavy atom. The van der Waals surface area contributed by atoms with Crippen LogP contribution in [0.1, 0.15) is 20.8 Å². The van der Waals surface area contributed by atoms with Crippen molar-refractivity contribution < 1.29 is 9.53 Å². The summed E-state index contributed by atoms with van der Waals surface area (Å²) in [6, 6.07) is 15.2.